The average molecular weight is 247 g/mol. The fraction of sp³-hybridized carbons (Fsp3) is 0.667. The van der Waals surface area contributed by atoms with E-state index >= 15 is 0 Å². The molecule has 0 atom stereocenters. The predicted molar refractivity (Wildman–Crippen MR) is 45.5 cm³/mol. The van der Waals surface area contributed by atoms with Crippen molar-refractivity contribution < 1.29 is 17.9 Å². The van der Waals surface area contributed by atoms with Crippen LogP contribution in [0.15, 0.2) is 0 Å². The molecule has 1 aromatic heterocycles. The first-order valence-corrected chi connectivity index (χ1v) is 4.75. The van der Waals surface area contributed by atoms with E-state index in [0.29, 0.717) is 5.82 Å². The summed E-state index contributed by atoms with van der Waals surface area (Å²) in [6.07, 6.45) is -4.05. The van der Waals surface area contributed by atoms with Gasteiger partial charge in [0.2, 0.25) is 4.47 Å². The lowest BCUT2D eigenvalue weighted by atomic mass is 10.4. The zero-order valence-electron chi connectivity index (χ0n) is 6.84. The maximum atomic E-state index is 11.6. The summed E-state index contributed by atoms with van der Waals surface area (Å²) in [6, 6.07) is 0. The first-order chi connectivity index (χ1) is 6.47. The number of nitrogens with zero attached hydrogens (tertiary/aromatic N) is 2. The van der Waals surface area contributed by atoms with E-state index < -0.39 is 12.8 Å². The Morgan fingerprint density at radius 3 is 2.64 bits per heavy atom. The molecule has 0 saturated heterocycles. The number of alkyl halides is 3. The summed E-state index contributed by atoms with van der Waals surface area (Å²) in [5.41, 5.74) is 0. The van der Waals surface area contributed by atoms with Crippen LogP contribution in [-0.2, 0) is 11.2 Å². The molecule has 14 heavy (non-hydrogen) atoms. The molecule has 1 heterocycles. The Balaban J connectivity index is 2.16. The molecule has 0 saturated carbocycles. The molecule has 3 nitrogen and oxygen atoms in total. The highest BCUT2D eigenvalue weighted by Crippen LogP contribution is 2.15. The van der Waals surface area contributed by atoms with Gasteiger partial charge in [-0.25, -0.2) is 4.98 Å². The van der Waals surface area contributed by atoms with Gasteiger partial charge in [0.25, 0.3) is 0 Å². The minimum atomic E-state index is -4.28. The third kappa shape index (κ3) is 4.73. The molecule has 1 rings (SSSR count). The highest BCUT2D eigenvalue weighted by atomic mass is 35.5. The fourth-order valence-electron chi connectivity index (χ4n) is 0.686. The molecular formula is C6H6ClF3N2OS. The highest BCUT2D eigenvalue weighted by Gasteiger charge is 2.27. The molecular weight excluding hydrogens is 241 g/mol. The van der Waals surface area contributed by atoms with E-state index in [1.54, 1.807) is 0 Å². The molecule has 0 aliphatic rings. The Labute approximate surface area is 87.0 Å². The predicted octanol–water partition coefficient (Wildman–Crippen LogP) is 2.31. The Kier molecular flexibility index (Phi) is 4.09. The van der Waals surface area contributed by atoms with Crippen molar-refractivity contribution in [2.45, 2.75) is 12.6 Å². The quantitative estimate of drug-likeness (QED) is 0.765. The third-order valence-corrected chi connectivity index (χ3v) is 2.01. The Morgan fingerprint density at radius 1 is 1.43 bits per heavy atom. The topological polar surface area (TPSA) is 35.0 Å². The third-order valence-electron chi connectivity index (χ3n) is 1.18. The summed E-state index contributed by atoms with van der Waals surface area (Å²) < 4.78 is 43.3. The molecule has 0 unspecified atom stereocenters. The summed E-state index contributed by atoms with van der Waals surface area (Å²) in [4.78, 5) is 3.76. The van der Waals surface area contributed by atoms with Crippen LogP contribution >= 0.6 is 23.1 Å². The van der Waals surface area contributed by atoms with Gasteiger partial charge in [0.05, 0.1) is 6.61 Å². The zero-order chi connectivity index (χ0) is 10.6. The molecule has 80 valence electrons. The van der Waals surface area contributed by atoms with Crippen LogP contribution in [0.2, 0.25) is 4.47 Å². The van der Waals surface area contributed by atoms with Gasteiger partial charge in [-0.15, -0.1) is 0 Å². The van der Waals surface area contributed by atoms with E-state index in [1.165, 1.54) is 0 Å². The lowest BCUT2D eigenvalue weighted by Crippen LogP contribution is -2.18. The molecule has 0 spiro atoms. The van der Waals surface area contributed by atoms with Gasteiger partial charge in [-0.2, -0.15) is 17.5 Å². The van der Waals surface area contributed by atoms with Crippen molar-refractivity contribution in [3.63, 3.8) is 0 Å². The van der Waals surface area contributed by atoms with Crippen LogP contribution in [0.5, 0.6) is 0 Å². The van der Waals surface area contributed by atoms with Crippen LogP contribution in [0.4, 0.5) is 13.2 Å². The van der Waals surface area contributed by atoms with E-state index in [-0.39, 0.29) is 17.5 Å². The Hall–Kier alpha value is -0.400. The van der Waals surface area contributed by atoms with Crippen molar-refractivity contribution in [2.24, 2.45) is 0 Å². The van der Waals surface area contributed by atoms with Crippen molar-refractivity contribution >= 4 is 23.1 Å². The largest absolute Gasteiger partial charge is 0.411 e. The monoisotopic (exact) mass is 246 g/mol. The van der Waals surface area contributed by atoms with Crippen LogP contribution in [0.25, 0.3) is 0 Å². The summed E-state index contributed by atoms with van der Waals surface area (Å²) >= 11 is 6.46. The fourth-order valence-corrected chi connectivity index (χ4v) is 1.35. The average Bonchev–Trinajstić information content (AvgIpc) is 2.44. The summed E-state index contributed by atoms with van der Waals surface area (Å²) in [6.45, 7) is -1.31. The Morgan fingerprint density at radius 2 is 2.14 bits per heavy atom. The molecule has 0 bridgehead atoms. The van der Waals surface area contributed by atoms with Gasteiger partial charge in [0.1, 0.15) is 12.4 Å². The van der Waals surface area contributed by atoms with E-state index in [0.717, 1.165) is 11.5 Å². The molecule has 0 radical (unpaired) electrons. The number of hydrogen-bond acceptors (Lipinski definition) is 4. The first-order valence-electron chi connectivity index (χ1n) is 3.60. The van der Waals surface area contributed by atoms with Crippen LogP contribution in [0.1, 0.15) is 5.82 Å². The zero-order valence-corrected chi connectivity index (χ0v) is 8.42. The second-order valence-corrected chi connectivity index (χ2v) is 3.72. The van der Waals surface area contributed by atoms with Gasteiger partial charge in [0.15, 0.2) is 0 Å². The smallest absolute Gasteiger partial charge is 0.372 e. The van der Waals surface area contributed by atoms with Crippen molar-refractivity contribution in [1.29, 1.82) is 0 Å². The normalized spacial score (nSPS) is 12.0. The van der Waals surface area contributed by atoms with Crippen LogP contribution in [0.3, 0.4) is 0 Å². The number of rotatable bonds is 4. The Bertz CT molecular complexity index is 291. The number of ether oxygens (including phenoxy) is 1. The minimum absolute atomic E-state index is 0.0629. The van der Waals surface area contributed by atoms with Crippen molar-refractivity contribution in [3.8, 4) is 0 Å². The maximum absolute atomic E-state index is 11.6. The van der Waals surface area contributed by atoms with Gasteiger partial charge in [0, 0.05) is 6.42 Å². The molecule has 0 aliphatic carbocycles. The van der Waals surface area contributed by atoms with Gasteiger partial charge in [-0.1, -0.05) is 0 Å². The molecule has 1 aromatic rings. The second-order valence-electron chi connectivity index (χ2n) is 2.38. The van der Waals surface area contributed by atoms with Gasteiger partial charge < -0.3 is 4.74 Å². The van der Waals surface area contributed by atoms with Gasteiger partial charge in [-0.05, 0) is 23.1 Å². The van der Waals surface area contributed by atoms with Crippen molar-refractivity contribution in [3.05, 3.63) is 10.3 Å². The lowest BCUT2D eigenvalue weighted by molar-refractivity contribution is -0.173. The van der Waals surface area contributed by atoms with E-state index in [4.69, 9.17) is 11.6 Å². The number of halogens is 4. The first kappa shape index (κ1) is 11.7. The lowest BCUT2D eigenvalue weighted by Gasteiger charge is -2.05. The summed E-state index contributed by atoms with van der Waals surface area (Å²) in [5.74, 6) is 0.405. The summed E-state index contributed by atoms with van der Waals surface area (Å²) in [5, 5.41) is 0. The van der Waals surface area contributed by atoms with Crippen LogP contribution < -0.4 is 0 Å². The van der Waals surface area contributed by atoms with E-state index in [9.17, 15) is 13.2 Å². The minimum Gasteiger partial charge on any atom is -0.372 e. The standard InChI is InChI=1S/C6H6ClF3N2OS/c7-5-11-4(12-14-5)1-2-13-3-6(8,9)10/h1-3H2. The molecule has 0 amide bonds. The van der Waals surface area contributed by atoms with Crippen LogP contribution in [0, 0.1) is 0 Å². The molecule has 0 aliphatic heterocycles. The van der Waals surface area contributed by atoms with Crippen LogP contribution in [-0.4, -0.2) is 28.7 Å². The van der Waals surface area contributed by atoms with E-state index in [1.807, 2.05) is 0 Å². The second kappa shape index (κ2) is 4.90. The highest BCUT2D eigenvalue weighted by molar-refractivity contribution is 7.10. The molecule has 8 heteroatoms. The van der Waals surface area contributed by atoms with Crippen molar-refractivity contribution in [2.75, 3.05) is 13.2 Å². The number of hydrogen-bond donors (Lipinski definition) is 0. The molecule has 0 fully saturated rings. The SMILES string of the molecule is FC(F)(F)COCCc1nsc(Cl)n1. The number of aromatic nitrogens is 2. The van der Waals surface area contributed by atoms with E-state index in [2.05, 4.69) is 14.1 Å². The van der Waals surface area contributed by atoms with Crippen molar-refractivity contribution in [1.82, 2.24) is 9.36 Å². The molecule has 0 aromatic carbocycles. The maximum Gasteiger partial charge on any atom is 0.411 e. The summed E-state index contributed by atoms with van der Waals surface area (Å²) in [7, 11) is 0. The van der Waals surface area contributed by atoms with Gasteiger partial charge in [-0.3, -0.25) is 0 Å². The molecule has 0 N–H and O–H groups in total. The van der Waals surface area contributed by atoms with Gasteiger partial charge >= 0.3 is 6.18 Å².